The normalized spacial score (nSPS) is 12.8. The Morgan fingerprint density at radius 1 is 0.800 bits per heavy atom. The molecule has 0 aliphatic rings. The maximum Gasteiger partial charge on any atom is 0.0948 e. The SMILES string of the molecule is CCCCCCCCCC[N+](C)(C)CCCS(=O)(=O)[O-]. The van der Waals surface area contributed by atoms with Crippen molar-refractivity contribution >= 4 is 10.1 Å². The predicted molar refractivity (Wildman–Crippen MR) is 83.6 cm³/mol. The first-order valence-corrected chi connectivity index (χ1v) is 9.60. The summed E-state index contributed by atoms with van der Waals surface area (Å²) >= 11 is 0. The Morgan fingerprint density at radius 2 is 1.25 bits per heavy atom. The van der Waals surface area contributed by atoms with Crippen LogP contribution in [0.25, 0.3) is 0 Å². The summed E-state index contributed by atoms with van der Waals surface area (Å²) in [6.07, 6.45) is 10.9. The van der Waals surface area contributed by atoms with Crippen molar-refractivity contribution in [2.24, 2.45) is 0 Å². The zero-order valence-electron chi connectivity index (χ0n) is 13.6. The first-order valence-electron chi connectivity index (χ1n) is 8.02. The maximum absolute atomic E-state index is 10.6. The van der Waals surface area contributed by atoms with Crippen LogP contribution in [0, 0.1) is 0 Å². The third-order valence-corrected chi connectivity index (χ3v) is 4.56. The molecule has 0 fully saturated rings. The molecule has 122 valence electrons. The van der Waals surface area contributed by atoms with Crippen molar-refractivity contribution in [1.82, 2.24) is 0 Å². The van der Waals surface area contributed by atoms with E-state index in [1.54, 1.807) is 0 Å². The van der Waals surface area contributed by atoms with Crippen LogP contribution in [0.4, 0.5) is 0 Å². The Labute approximate surface area is 125 Å². The summed E-state index contributed by atoms with van der Waals surface area (Å²) in [6, 6.07) is 0. The average Bonchev–Trinajstić information content (AvgIpc) is 2.30. The standard InChI is InChI=1S/C15H33NO3S/c1-4-5-6-7-8-9-10-11-13-16(2,3)14-12-15-20(17,18)19/h4-15H2,1-3H3. The zero-order valence-corrected chi connectivity index (χ0v) is 14.4. The third-order valence-electron chi connectivity index (χ3n) is 3.77. The van der Waals surface area contributed by atoms with E-state index in [1.165, 1.54) is 51.4 Å². The van der Waals surface area contributed by atoms with Crippen molar-refractivity contribution in [3.05, 3.63) is 0 Å². The molecular formula is C15H33NO3S. The molecule has 0 aliphatic carbocycles. The van der Waals surface area contributed by atoms with E-state index in [9.17, 15) is 13.0 Å². The molecule has 0 aromatic rings. The van der Waals surface area contributed by atoms with Crippen LogP contribution < -0.4 is 0 Å². The van der Waals surface area contributed by atoms with E-state index in [1.807, 2.05) is 0 Å². The van der Waals surface area contributed by atoms with Crippen LogP contribution in [0.2, 0.25) is 0 Å². The molecule has 0 saturated carbocycles. The smallest absolute Gasteiger partial charge is 0.0948 e. The van der Waals surface area contributed by atoms with Gasteiger partial charge < -0.3 is 9.04 Å². The van der Waals surface area contributed by atoms with Crippen LogP contribution >= 0.6 is 0 Å². The van der Waals surface area contributed by atoms with Gasteiger partial charge in [0.05, 0.1) is 37.3 Å². The van der Waals surface area contributed by atoms with E-state index in [2.05, 4.69) is 21.0 Å². The molecule has 5 heteroatoms. The largest absolute Gasteiger partial charge is 0.748 e. The number of hydrogen-bond acceptors (Lipinski definition) is 3. The summed E-state index contributed by atoms with van der Waals surface area (Å²) in [5, 5.41) is 0. The maximum atomic E-state index is 10.6. The van der Waals surface area contributed by atoms with E-state index < -0.39 is 10.1 Å². The quantitative estimate of drug-likeness (QED) is 0.298. The van der Waals surface area contributed by atoms with Crippen molar-refractivity contribution in [1.29, 1.82) is 0 Å². The van der Waals surface area contributed by atoms with E-state index in [0.29, 0.717) is 6.42 Å². The molecule has 4 nitrogen and oxygen atoms in total. The summed E-state index contributed by atoms with van der Waals surface area (Å²) in [7, 11) is 0.173. The number of unbranched alkanes of at least 4 members (excludes halogenated alkanes) is 7. The van der Waals surface area contributed by atoms with Crippen molar-refractivity contribution in [3.63, 3.8) is 0 Å². The van der Waals surface area contributed by atoms with E-state index >= 15 is 0 Å². The van der Waals surface area contributed by atoms with Gasteiger partial charge in [-0.2, -0.15) is 0 Å². The Hall–Kier alpha value is -0.130. The molecule has 0 rings (SSSR count). The van der Waals surface area contributed by atoms with Gasteiger partial charge in [0.25, 0.3) is 0 Å². The summed E-state index contributed by atoms with van der Waals surface area (Å²) in [4.78, 5) is 0. The summed E-state index contributed by atoms with van der Waals surface area (Å²) in [6.45, 7) is 4.06. The molecule has 0 aromatic heterocycles. The summed E-state index contributed by atoms with van der Waals surface area (Å²) < 4.78 is 32.5. The molecule has 0 saturated heterocycles. The molecule has 0 bridgehead atoms. The second kappa shape index (κ2) is 10.6. The highest BCUT2D eigenvalue weighted by Crippen LogP contribution is 2.10. The van der Waals surface area contributed by atoms with E-state index in [-0.39, 0.29) is 5.75 Å². The van der Waals surface area contributed by atoms with E-state index in [4.69, 9.17) is 0 Å². The van der Waals surface area contributed by atoms with Gasteiger partial charge in [-0.15, -0.1) is 0 Å². The Bertz CT molecular complexity index is 326. The molecular weight excluding hydrogens is 274 g/mol. The molecule has 0 aromatic carbocycles. The highest BCUT2D eigenvalue weighted by molar-refractivity contribution is 7.85. The average molecular weight is 308 g/mol. The molecule has 0 radical (unpaired) electrons. The third kappa shape index (κ3) is 14.3. The van der Waals surface area contributed by atoms with Crippen molar-refractivity contribution in [3.8, 4) is 0 Å². The van der Waals surface area contributed by atoms with Crippen LogP contribution in [0.3, 0.4) is 0 Å². The molecule has 0 spiro atoms. The summed E-state index contributed by atoms with van der Waals surface area (Å²) in [5.74, 6) is -0.230. The second-order valence-electron chi connectivity index (χ2n) is 6.47. The highest BCUT2D eigenvalue weighted by Gasteiger charge is 2.14. The number of quaternary nitrogens is 1. The fourth-order valence-electron chi connectivity index (χ4n) is 2.45. The fourth-order valence-corrected chi connectivity index (χ4v) is 2.94. The number of hydrogen-bond donors (Lipinski definition) is 0. The fraction of sp³-hybridized carbons (Fsp3) is 1.00. The monoisotopic (exact) mass is 307 g/mol. The number of rotatable bonds is 13. The molecule has 0 unspecified atom stereocenters. The zero-order chi connectivity index (χ0) is 15.5. The van der Waals surface area contributed by atoms with Crippen molar-refractivity contribution < 1.29 is 17.5 Å². The Morgan fingerprint density at radius 3 is 1.75 bits per heavy atom. The van der Waals surface area contributed by atoms with Gasteiger partial charge in [-0.25, -0.2) is 8.42 Å². The molecule has 20 heavy (non-hydrogen) atoms. The topological polar surface area (TPSA) is 57.2 Å². The van der Waals surface area contributed by atoms with Crippen molar-refractivity contribution in [2.45, 2.75) is 64.7 Å². The molecule has 0 aliphatic heterocycles. The van der Waals surface area contributed by atoms with Crippen LogP contribution in [-0.2, 0) is 10.1 Å². The lowest BCUT2D eigenvalue weighted by Gasteiger charge is -2.30. The Kier molecular flexibility index (Phi) is 10.5. The van der Waals surface area contributed by atoms with Gasteiger partial charge in [-0.3, -0.25) is 0 Å². The van der Waals surface area contributed by atoms with Crippen LogP contribution in [0.15, 0.2) is 0 Å². The lowest BCUT2D eigenvalue weighted by Crippen LogP contribution is -2.41. The summed E-state index contributed by atoms with van der Waals surface area (Å²) in [5.41, 5.74) is 0. The molecule has 0 N–H and O–H groups in total. The first kappa shape index (κ1) is 19.9. The van der Waals surface area contributed by atoms with Gasteiger partial charge in [0.15, 0.2) is 0 Å². The minimum absolute atomic E-state index is 0.230. The minimum Gasteiger partial charge on any atom is -0.748 e. The van der Waals surface area contributed by atoms with Crippen LogP contribution in [0.1, 0.15) is 64.7 Å². The lowest BCUT2D eigenvalue weighted by atomic mass is 10.1. The molecule has 0 heterocycles. The predicted octanol–water partition coefficient (Wildman–Crippen LogP) is 3.14. The van der Waals surface area contributed by atoms with Gasteiger partial charge in [0.1, 0.15) is 0 Å². The second-order valence-corrected chi connectivity index (χ2v) is 8.00. The molecule has 0 amide bonds. The van der Waals surface area contributed by atoms with Gasteiger partial charge in [0.2, 0.25) is 0 Å². The van der Waals surface area contributed by atoms with Crippen LogP contribution in [-0.4, -0.2) is 50.4 Å². The van der Waals surface area contributed by atoms with E-state index in [0.717, 1.165) is 17.6 Å². The number of nitrogens with zero attached hydrogens (tertiary/aromatic N) is 1. The first-order chi connectivity index (χ1) is 9.27. The lowest BCUT2D eigenvalue weighted by molar-refractivity contribution is -0.890. The van der Waals surface area contributed by atoms with Crippen molar-refractivity contribution in [2.75, 3.05) is 32.9 Å². The van der Waals surface area contributed by atoms with Gasteiger partial charge >= 0.3 is 0 Å². The minimum atomic E-state index is -4.05. The molecule has 0 atom stereocenters. The van der Waals surface area contributed by atoms with Gasteiger partial charge in [0, 0.05) is 12.2 Å². The van der Waals surface area contributed by atoms with Crippen LogP contribution in [0.5, 0.6) is 0 Å². The highest BCUT2D eigenvalue weighted by atomic mass is 32.2. The van der Waals surface area contributed by atoms with Gasteiger partial charge in [-0.1, -0.05) is 45.4 Å². The van der Waals surface area contributed by atoms with Gasteiger partial charge in [-0.05, 0) is 12.8 Å². The Balaban J connectivity index is 3.52.